The van der Waals surface area contributed by atoms with Gasteiger partial charge in [-0.05, 0) is 83.4 Å². The van der Waals surface area contributed by atoms with Crippen molar-refractivity contribution in [2.24, 2.45) is 10.8 Å². The Labute approximate surface area is 254 Å². The molecule has 1 heterocycles. The number of aliphatic carboxylic acids is 1. The van der Waals surface area contributed by atoms with E-state index in [1.807, 2.05) is 28.9 Å². The summed E-state index contributed by atoms with van der Waals surface area (Å²) < 4.78 is 16.8. The second-order valence-electron chi connectivity index (χ2n) is 13.2. The second-order valence-corrected chi connectivity index (χ2v) is 13.2. The molecule has 7 heteroatoms. The number of amides is 1. The molecule has 6 nitrogen and oxygen atoms in total. The molecule has 2 bridgehead atoms. The molecule has 220 valence electrons. The van der Waals surface area contributed by atoms with Crippen molar-refractivity contribution < 1.29 is 19.1 Å². The van der Waals surface area contributed by atoms with Gasteiger partial charge in [0.1, 0.15) is 5.82 Å². The Kier molecular flexibility index (Phi) is 5.86. The monoisotopic (exact) mass is 585 g/mol. The number of nitrogens with zero attached hydrogens (tertiary/aromatic N) is 2. The van der Waals surface area contributed by atoms with Crippen LogP contribution in [0.15, 0.2) is 97.2 Å². The molecule has 4 aliphatic rings. The molecule has 9 rings (SSSR count). The Morgan fingerprint density at radius 1 is 0.864 bits per heavy atom. The van der Waals surface area contributed by atoms with E-state index < -0.39 is 5.97 Å². The fourth-order valence-corrected chi connectivity index (χ4v) is 8.19. The molecular formula is C37H32FN3O3. The highest BCUT2D eigenvalue weighted by molar-refractivity contribution is 6.08. The minimum atomic E-state index is -0.748. The number of benzene rings is 4. The highest BCUT2D eigenvalue weighted by Gasteiger charge is 2.78. The Bertz CT molecular complexity index is 1920. The lowest BCUT2D eigenvalue weighted by Crippen LogP contribution is -2.71. The number of carboxylic acid groups (broad SMARTS) is 1. The molecule has 2 N–H and O–H groups in total. The number of fused-ring (bicyclic) bond motifs is 1. The number of hydrogen-bond donors (Lipinski definition) is 2. The fraction of sp³-hybridized carbons (Fsp3) is 0.270. The SMILES string of the molecule is O=C(O)CC12CC(C3(NC(=O)c4cc(-c5ccccc5F)cc5cnn(Cc6ccc(-c7ccccc7)cc6)c45)CC3)(C1)C2. The number of rotatable bonds is 9. The Hall–Kier alpha value is -4.78. The third-order valence-electron chi connectivity index (χ3n) is 10.3. The van der Waals surface area contributed by atoms with Gasteiger partial charge in [-0.2, -0.15) is 5.10 Å². The molecule has 4 fully saturated rings. The van der Waals surface area contributed by atoms with E-state index in [0.717, 1.165) is 54.2 Å². The maximum atomic E-state index is 14.9. The van der Waals surface area contributed by atoms with Crippen LogP contribution in [-0.2, 0) is 11.3 Å². The van der Waals surface area contributed by atoms with Gasteiger partial charge in [0.2, 0.25) is 0 Å². The first-order valence-electron chi connectivity index (χ1n) is 15.2. The molecule has 0 aliphatic heterocycles. The zero-order valence-electron chi connectivity index (χ0n) is 24.2. The van der Waals surface area contributed by atoms with E-state index in [2.05, 4.69) is 41.7 Å². The number of halogens is 1. The normalized spacial score (nSPS) is 22.6. The lowest BCUT2D eigenvalue weighted by Gasteiger charge is -2.73. The number of carboxylic acids is 1. The summed E-state index contributed by atoms with van der Waals surface area (Å²) in [6, 6.07) is 28.9. The van der Waals surface area contributed by atoms with Crippen molar-refractivity contribution in [2.75, 3.05) is 0 Å². The summed E-state index contributed by atoms with van der Waals surface area (Å²) in [6.45, 7) is 0.477. The van der Waals surface area contributed by atoms with Crippen LogP contribution in [0.5, 0.6) is 0 Å². The van der Waals surface area contributed by atoms with Crippen LogP contribution in [0, 0.1) is 16.6 Å². The van der Waals surface area contributed by atoms with Crippen LogP contribution < -0.4 is 5.32 Å². The van der Waals surface area contributed by atoms with Crippen LogP contribution in [-0.4, -0.2) is 32.3 Å². The second kappa shape index (κ2) is 9.61. The standard InChI is InChI=1S/C37H32FN3O3/c38-31-9-5-4-8-29(31)27-16-28-19-39-41(20-24-10-12-26(13-11-24)25-6-2-1-3-7-25)33(28)30(17-27)34(44)40-37(14-15-37)36-21-35(22-36,23-36)18-32(42)43/h1-13,16-17,19H,14-15,18,20-23H2,(H,40,44)(H,42,43). The molecule has 0 saturated heterocycles. The van der Waals surface area contributed by atoms with Crippen molar-refractivity contribution in [3.8, 4) is 22.3 Å². The van der Waals surface area contributed by atoms with Crippen molar-refractivity contribution in [1.82, 2.24) is 15.1 Å². The number of hydrogen-bond acceptors (Lipinski definition) is 3. The molecule has 4 aromatic carbocycles. The minimum Gasteiger partial charge on any atom is -0.481 e. The van der Waals surface area contributed by atoms with Crippen LogP contribution in [0.1, 0.15) is 54.4 Å². The first kappa shape index (κ1) is 26.8. The topological polar surface area (TPSA) is 84.2 Å². The van der Waals surface area contributed by atoms with E-state index in [1.165, 1.54) is 6.07 Å². The first-order valence-corrected chi connectivity index (χ1v) is 15.2. The van der Waals surface area contributed by atoms with Crippen LogP contribution in [0.4, 0.5) is 4.39 Å². The molecule has 0 atom stereocenters. The van der Waals surface area contributed by atoms with Crippen LogP contribution in [0.3, 0.4) is 0 Å². The Morgan fingerprint density at radius 2 is 1.55 bits per heavy atom. The maximum Gasteiger partial charge on any atom is 0.303 e. The summed E-state index contributed by atoms with van der Waals surface area (Å²) in [7, 11) is 0. The zero-order chi connectivity index (χ0) is 30.1. The average molecular weight is 586 g/mol. The smallest absolute Gasteiger partial charge is 0.303 e. The van der Waals surface area contributed by atoms with Gasteiger partial charge in [-0.1, -0.05) is 72.8 Å². The summed E-state index contributed by atoms with van der Waals surface area (Å²) in [6.07, 6.45) is 6.31. The number of aromatic nitrogens is 2. The van der Waals surface area contributed by atoms with Gasteiger partial charge in [-0.3, -0.25) is 14.3 Å². The number of carbonyl (C=O) groups is 2. The lowest BCUT2D eigenvalue weighted by molar-refractivity contribution is -0.232. The van der Waals surface area contributed by atoms with Crippen molar-refractivity contribution in [3.05, 3.63) is 114 Å². The first-order chi connectivity index (χ1) is 21.3. The van der Waals surface area contributed by atoms with E-state index in [9.17, 15) is 19.1 Å². The summed E-state index contributed by atoms with van der Waals surface area (Å²) in [4.78, 5) is 25.6. The van der Waals surface area contributed by atoms with Gasteiger partial charge in [0, 0.05) is 16.5 Å². The van der Waals surface area contributed by atoms with Crippen LogP contribution in [0.2, 0.25) is 0 Å². The van der Waals surface area contributed by atoms with Gasteiger partial charge in [-0.25, -0.2) is 4.39 Å². The van der Waals surface area contributed by atoms with Gasteiger partial charge in [0.05, 0.1) is 30.2 Å². The van der Waals surface area contributed by atoms with Gasteiger partial charge < -0.3 is 10.4 Å². The summed E-state index contributed by atoms with van der Waals surface area (Å²) >= 11 is 0. The highest BCUT2D eigenvalue weighted by atomic mass is 19.1. The van der Waals surface area contributed by atoms with E-state index in [-0.39, 0.29) is 34.5 Å². The number of nitrogens with one attached hydrogen (secondary N) is 1. The molecule has 4 saturated carbocycles. The van der Waals surface area contributed by atoms with E-state index >= 15 is 0 Å². The Balaban J connectivity index is 1.13. The van der Waals surface area contributed by atoms with Crippen molar-refractivity contribution in [1.29, 1.82) is 0 Å². The van der Waals surface area contributed by atoms with E-state index in [4.69, 9.17) is 5.10 Å². The lowest BCUT2D eigenvalue weighted by atomic mass is 9.31. The molecule has 44 heavy (non-hydrogen) atoms. The zero-order valence-corrected chi connectivity index (χ0v) is 24.2. The van der Waals surface area contributed by atoms with Crippen molar-refractivity contribution in [3.63, 3.8) is 0 Å². The average Bonchev–Trinajstić information content (AvgIpc) is 3.65. The van der Waals surface area contributed by atoms with Gasteiger partial charge in [0.15, 0.2) is 0 Å². The molecule has 4 aliphatic carbocycles. The Morgan fingerprint density at radius 3 is 2.23 bits per heavy atom. The predicted molar refractivity (Wildman–Crippen MR) is 167 cm³/mol. The third-order valence-corrected chi connectivity index (χ3v) is 10.3. The van der Waals surface area contributed by atoms with E-state index in [1.54, 1.807) is 30.5 Å². The van der Waals surface area contributed by atoms with E-state index in [0.29, 0.717) is 28.8 Å². The molecule has 0 unspecified atom stereocenters. The summed E-state index contributed by atoms with van der Waals surface area (Å²) in [5.41, 5.74) is 5.16. The molecule has 0 spiro atoms. The summed E-state index contributed by atoms with van der Waals surface area (Å²) in [5, 5.41) is 18.2. The largest absolute Gasteiger partial charge is 0.481 e. The molecule has 1 amide bonds. The van der Waals surface area contributed by atoms with Gasteiger partial charge in [0.25, 0.3) is 5.91 Å². The van der Waals surface area contributed by atoms with Crippen molar-refractivity contribution >= 4 is 22.8 Å². The molecule has 5 aromatic rings. The predicted octanol–water partition coefficient (Wildman–Crippen LogP) is 7.47. The molecule has 1 aromatic heterocycles. The maximum absolute atomic E-state index is 14.9. The highest BCUT2D eigenvalue weighted by Crippen LogP contribution is 2.82. The van der Waals surface area contributed by atoms with Gasteiger partial charge in [-0.15, -0.1) is 0 Å². The molecule has 0 radical (unpaired) electrons. The van der Waals surface area contributed by atoms with Crippen LogP contribution in [0.25, 0.3) is 33.2 Å². The quantitative estimate of drug-likeness (QED) is 0.188. The summed E-state index contributed by atoms with van der Waals surface area (Å²) in [5.74, 6) is -1.29. The number of carbonyl (C=O) groups excluding carboxylic acids is 1. The van der Waals surface area contributed by atoms with Gasteiger partial charge >= 0.3 is 5.97 Å². The third kappa shape index (κ3) is 4.25. The fourth-order valence-electron chi connectivity index (χ4n) is 8.19. The van der Waals surface area contributed by atoms with Crippen molar-refractivity contribution in [2.45, 2.75) is 50.6 Å². The minimum absolute atomic E-state index is 0.0128. The molecular weight excluding hydrogens is 553 g/mol. The van der Waals surface area contributed by atoms with Crippen LogP contribution >= 0.6 is 0 Å².